The molecule has 7 rings (SSSR count). The highest BCUT2D eigenvalue weighted by Gasteiger charge is 2.28. The maximum atomic E-state index is 12.1. The molecule has 3 aliphatic rings. The number of nitrogens with one attached hydrogen (secondary N) is 4. The Balaban J connectivity index is 0.000000287. The third kappa shape index (κ3) is 26.1. The normalized spacial score (nSPS) is 15.6. The van der Waals surface area contributed by atoms with Gasteiger partial charge in [0.1, 0.15) is 25.2 Å². The van der Waals surface area contributed by atoms with Crippen LogP contribution in [0, 0.1) is 0 Å². The van der Waals surface area contributed by atoms with E-state index in [1.54, 1.807) is 44.6 Å². The lowest BCUT2D eigenvalue weighted by molar-refractivity contribution is -0.127. The molecule has 4 aromatic rings. The summed E-state index contributed by atoms with van der Waals surface area (Å²) in [6.45, 7) is 11.9. The van der Waals surface area contributed by atoms with Crippen LogP contribution in [0.5, 0.6) is 5.75 Å². The Morgan fingerprint density at radius 2 is 1.63 bits per heavy atom. The number of aldehydes is 1. The van der Waals surface area contributed by atoms with Crippen LogP contribution in [-0.4, -0.2) is 191 Å². The number of benzene rings is 3. The van der Waals surface area contributed by atoms with Gasteiger partial charge >= 0.3 is 13.6 Å². The van der Waals surface area contributed by atoms with E-state index in [0.29, 0.717) is 70.5 Å². The van der Waals surface area contributed by atoms with Crippen LogP contribution in [0.15, 0.2) is 91.1 Å². The molecule has 6 bridgehead atoms. The molecule has 1 radical (unpaired) electrons. The molecule has 0 saturated carbocycles. The number of nitrogens with two attached hydrogens (primary N) is 1. The largest absolute Gasteiger partial charge is 0.492 e. The van der Waals surface area contributed by atoms with Gasteiger partial charge in [0.05, 0.1) is 56.1 Å². The van der Waals surface area contributed by atoms with Crippen LogP contribution < -0.4 is 36.5 Å². The first-order chi connectivity index (χ1) is 40.6. The van der Waals surface area contributed by atoms with Crippen molar-refractivity contribution >= 4 is 83.2 Å². The van der Waals surface area contributed by atoms with Crippen LogP contribution in [-0.2, 0) is 62.8 Å². The molecule has 0 spiro atoms. The summed E-state index contributed by atoms with van der Waals surface area (Å²) in [4.78, 5) is 96.9. The van der Waals surface area contributed by atoms with E-state index in [9.17, 15) is 33.6 Å². The van der Waals surface area contributed by atoms with E-state index in [0.717, 1.165) is 65.3 Å². The highest BCUT2D eigenvalue weighted by Crippen LogP contribution is 2.30. The van der Waals surface area contributed by atoms with Crippen molar-refractivity contribution in [3.8, 4) is 17.0 Å². The first kappa shape index (κ1) is 69.2. The number of fused-ring (bicyclic) bond motifs is 7. The average Bonchev–Trinajstić information content (AvgIpc) is 4.31. The number of hydrogen-bond donors (Lipinski definition) is 5. The lowest BCUT2D eigenvalue weighted by atomic mass is 10.1. The van der Waals surface area contributed by atoms with Gasteiger partial charge < -0.3 is 65.3 Å². The minimum Gasteiger partial charge on any atom is -0.492 e. The minimum atomic E-state index is -0.705. The lowest BCUT2D eigenvalue weighted by Gasteiger charge is -2.21. The number of nitrogens with zero attached hydrogens (tertiary/aromatic N) is 7. The fourth-order valence-corrected chi connectivity index (χ4v) is 8.46. The molecular formula is C59H83BBrN12O11. The molecular weight excluding hydrogens is 1140 g/mol. The first-order valence-corrected chi connectivity index (χ1v) is 29.2. The van der Waals surface area contributed by atoms with Crippen LogP contribution in [0.4, 0.5) is 22.1 Å². The van der Waals surface area contributed by atoms with Crippen molar-refractivity contribution in [2.45, 2.75) is 84.3 Å². The molecule has 2 atom stereocenters. The predicted octanol–water partition coefficient (Wildman–Crippen LogP) is 4.96. The number of alkyl halides is 1. The molecule has 3 aliphatic heterocycles. The zero-order valence-corrected chi connectivity index (χ0v) is 50.9. The number of rotatable bonds is 21. The molecule has 455 valence electrons. The molecule has 0 aliphatic carbocycles. The van der Waals surface area contributed by atoms with Crippen LogP contribution in [0.1, 0.15) is 69.1 Å². The van der Waals surface area contributed by atoms with Crippen LogP contribution in [0.25, 0.3) is 11.3 Å². The Labute approximate surface area is 503 Å². The minimum absolute atomic E-state index is 0.0891. The number of likely N-dealkylation sites (tertiary alicyclic amines) is 2. The standard InChI is InChI=1S/C29H34N4O3.C21H31N5O5.C6H10BBrN3O3.C3H8/c1-32-26-9-10-28(36-18-15-33-13-2-3-14-33)25(20-26)22-35-17-5-4-16-34-21-23-7-6-8-24(19-23)27-11-12-30-29(32)31-27;1-24(15-27)11-12-26(3)21(30)31-14-16-6-8-17(9-7-16)23-19(28)13-22-20(29)18-5-4-10-25(18)2;8-2-6(14)11-7-10-4(3-12)1-5(9)13;1-3-2/h4-12,19-20H,2-3,13-18,21-22H2,1H3;6-9,15,18H,4-5,10-14H2,1-3H3,(H,22,29)(H,23,28);3-4,10H,1-2H2,(H2,9,13)(H,11,14);3H2,1-2H3/b5-4+;;;. The number of aromatic nitrogens is 2. The van der Waals surface area contributed by atoms with Crippen molar-refractivity contribution in [2.75, 3.05) is 109 Å². The van der Waals surface area contributed by atoms with Gasteiger partial charge in [0.25, 0.3) is 0 Å². The average molecular weight is 1230 g/mol. The van der Waals surface area contributed by atoms with Crippen molar-refractivity contribution in [3.05, 3.63) is 108 Å². The van der Waals surface area contributed by atoms with Crippen molar-refractivity contribution in [1.82, 2.24) is 45.3 Å². The fourth-order valence-electron chi connectivity index (χ4n) is 8.30. The highest BCUT2D eigenvalue weighted by atomic mass is 79.9. The summed E-state index contributed by atoms with van der Waals surface area (Å²) in [7, 11) is 8.32. The zero-order chi connectivity index (χ0) is 61.1. The number of anilines is 3. The topological polar surface area (TPSA) is 273 Å². The van der Waals surface area contributed by atoms with E-state index in [1.807, 2.05) is 54.2 Å². The van der Waals surface area contributed by atoms with Gasteiger partial charge in [0, 0.05) is 75.9 Å². The molecule has 84 heavy (non-hydrogen) atoms. The third-order valence-electron chi connectivity index (χ3n) is 12.9. The second kappa shape index (κ2) is 39.3. The molecule has 2 unspecified atom stereocenters. The van der Waals surface area contributed by atoms with Gasteiger partial charge in [-0.1, -0.05) is 78.7 Å². The molecule has 25 heteroatoms. The zero-order valence-electron chi connectivity index (χ0n) is 49.3. The van der Waals surface area contributed by atoms with Crippen molar-refractivity contribution in [3.63, 3.8) is 0 Å². The van der Waals surface area contributed by atoms with Gasteiger partial charge in [-0.15, -0.1) is 0 Å². The van der Waals surface area contributed by atoms with Crippen LogP contribution >= 0.6 is 15.9 Å². The van der Waals surface area contributed by atoms with Crippen molar-refractivity contribution in [1.29, 1.82) is 0 Å². The Bertz CT molecular complexity index is 2710. The summed E-state index contributed by atoms with van der Waals surface area (Å²) in [5, 5.41) is 10.4. The maximum Gasteiger partial charge on any atom is 0.409 e. The van der Waals surface area contributed by atoms with E-state index in [4.69, 9.17) is 29.7 Å². The van der Waals surface area contributed by atoms with Gasteiger partial charge in [-0.05, 0) is 106 Å². The van der Waals surface area contributed by atoms with Crippen molar-refractivity contribution < 1.29 is 52.5 Å². The summed E-state index contributed by atoms with van der Waals surface area (Å²) >= 11 is 2.94. The van der Waals surface area contributed by atoms with Gasteiger partial charge in [-0.3, -0.25) is 33.8 Å². The van der Waals surface area contributed by atoms with Crippen LogP contribution in [0.3, 0.4) is 0 Å². The van der Waals surface area contributed by atoms with Gasteiger partial charge in [0.2, 0.25) is 36.0 Å². The summed E-state index contributed by atoms with van der Waals surface area (Å²) in [5.74, 6) is 0.202. The Morgan fingerprint density at radius 3 is 2.30 bits per heavy atom. The molecule has 4 heterocycles. The maximum absolute atomic E-state index is 12.1. The molecule has 2 saturated heterocycles. The molecule has 3 aromatic carbocycles. The quantitative estimate of drug-likeness (QED) is 0.0319. The number of amides is 6. The molecule has 2 fully saturated rings. The molecule has 6 N–H and O–H groups in total. The number of primary amides is 1. The monoisotopic (exact) mass is 1230 g/mol. The number of likely N-dealkylation sites (N-methyl/N-ethyl adjacent to an activating group) is 3. The Hall–Kier alpha value is -7.29. The molecule has 1 aromatic heterocycles. The predicted molar refractivity (Wildman–Crippen MR) is 327 cm³/mol. The number of carbonyl (C=O) groups is 7. The number of halogens is 1. The van der Waals surface area contributed by atoms with E-state index in [-0.39, 0.29) is 48.7 Å². The lowest BCUT2D eigenvalue weighted by Crippen LogP contribution is -2.45. The molecule has 23 nitrogen and oxygen atoms in total. The van der Waals surface area contributed by atoms with E-state index >= 15 is 0 Å². The van der Waals surface area contributed by atoms with E-state index < -0.39 is 18.0 Å². The SMILES string of the molecule is CCC.CN(C=O)CCN(C)C(=O)OCc1ccc(NC(=O)CNC(=O)C2CCCN2C)cc1.CN1c2ccc(OCCN3CCCC3)c(c2)COC/C=C/COCc2cccc(c2)-c2ccnc1n2.NC(=O)CC(C=O)N[B]NC(=O)CBr. The summed E-state index contributed by atoms with van der Waals surface area (Å²) in [5.41, 5.74) is 11.2. The van der Waals surface area contributed by atoms with Gasteiger partial charge in [-0.2, -0.15) is 0 Å². The van der Waals surface area contributed by atoms with Crippen molar-refractivity contribution in [2.24, 2.45) is 5.73 Å². The third-order valence-corrected chi connectivity index (χ3v) is 13.5. The second-order valence-corrected chi connectivity index (χ2v) is 20.5. The summed E-state index contributed by atoms with van der Waals surface area (Å²) < 4.78 is 23.2. The fraction of sp³-hybridized carbons (Fsp3) is 0.475. The highest BCUT2D eigenvalue weighted by molar-refractivity contribution is 9.09. The van der Waals surface area contributed by atoms with E-state index in [2.05, 4.69) is 91.1 Å². The summed E-state index contributed by atoms with van der Waals surface area (Å²) in [6.07, 6.45) is 12.1. The summed E-state index contributed by atoms with van der Waals surface area (Å²) in [6, 6.07) is 22.5. The smallest absolute Gasteiger partial charge is 0.409 e. The second-order valence-electron chi connectivity index (χ2n) is 20.0. The Morgan fingerprint density at radius 1 is 0.905 bits per heavy atom. The van der Waals surface area contributed by atoms with Crippen LogP contribution in [0.2, 0.25) is 0 Å². The first-order valence-electron chi connectivity index (χ1n) is 28.1. The number of ether oxygens (including phenoxy) is 4. The van der Waals surface area contributed by atoms with E-state index in [1.165, 1.54) is 49.7 Å². The van der Waals surface area contributed by atoms with Gasteiger partial charge in [-0.25, -0.2) is 14.8 Å². The number of carbonyl (C=O) groups excluding carboxylic acids is 7. The van der Waals surface area contributed by atoms with Gasteiger partial charge in [0.15, 0.2) is 0 Å². The molecule has 6 amide bonds. The Kier molecular flexibility index (Phi) is 32.4. The number of hydrogen-bond acceptors (Lipinski definition) is 17.